The number of rotatable bonds is 9. The van der Waals surface area contributed by atoms with Crippen molar-refractivity contribution in [1.82, 2.24) is 10.6 Å². The van der Waals surface area contributed by atoms with E-state index in [0.717, 1.165) is 12.5 Å². The predicted molar refractivity (Wildman–Crippen MR) is 134 cm³/mol. The van der Waals surface area contributed by atoms with Crippen LogP contribution in [0.2, 0.25) is 0 Å². The van der Waals surface area contributed by atoms with Crippen LogP contribution < -0.4 is 20.1 Å². The maximum absolute atomic E-state index is 14.8. The van der Waals surface area contributed by atoms with Crippen molar-refractivity contribution in [3.63, 3.8) is 0 Å². The lowest BCUT2D eigenvalue weighted by molar-refractivity contribution is -0.155. The predicted octanol–water partition coefficient (Wildman–Crippen LogP) is 3.28. The highest BCUT2D eigenvalue weighted by Crippen LogP contribution is 2.39. The normalized spacial score (nSPS) is 25.8. The summed E-state index contributed by atoms with van der Waals surface area (Å²) in [7, 11) is 1.34. The van der Waals surface area contributed by atoms with Gasteiger partial charge in [0.2, 0.25) is 5.91 Å². The lowest BCUT2D eigenvalue weighted by Gasteiger charge is -2.35. The number of benzene rings is 1. The topological polar surface area (TPSA) is 134 Å². The van der Waals surface area contributed by atoms with E-state index in [0.29, 0.717) is 32.2 Å². The van der Waals surface area contributed by atoms with Crippen LogP contribution in [0.5, 0.6) is 11.5 Å². The zero-order valence-electron chi connectivity index (χ0n) is 22.1. The van der Waals surface area contributed by atoms with E-state index in [9.17, 15) is 29.0 Å². The minimum absolute atomic E-state index is 0.0444. The highest BCUT2D eigenvalue weighted by molar-refractivity contribution is 5.98. The average molecular weight is 523 g/mol. The Hall–Kier alpha value is -2.88. The molecule has 2 fully saturated rings. The minimum atomic E-state index is -1.21. The molecule has 0 spiro atoms. The molecule has 0 aliphatic heterocycles. The van der Waals surface area contributed by atoms with Gasteiger partial charge in [0.15, 0.2) is 11.6 Å². The fourth-order valence-corrected chi connectivity index (χ4v) is 5.03. The van der Waals surface area contributed by atoms with Crippen molar-refractivity contribution >= 4 is 17.8 Å². The summed E-state index contributed by atoms with van der Waals surface area (Å²) in [6.07, 6.45) is 2.74. The molecule has 1 aromatic carbocycles. The van der Waals surface area contributed by atoms with Gasteiger partial charge < -0.3 is 30.3 Å². The van der Waals surface area contributed by atoms with Gasteiger partial charge in [0.05, 0.1) is 36.7 Å². The Balaban J connectivity index is 1.70. The number of aliphatic hydroxyl groups is 1. The Kier molecular flexibility index (Phi) is 9.05. The summed E-state index contributed by atoms with van der Waals surface area (Å²) >= 11 is 0. The van der Waals surface area contributed by atoms with E-state index in [1.54, 1.807) is 0 Å². The van der Waals surface area contributed by atoms with Crippen LogP contribution in [0.3, 0.4) is 0 Å². The van der Waals surface area contributed by atoms with Gasteiger partial charge in [0, 0.05) is 18.7 Å². The molecule has 3 rings (SSSR count). The number of amides is 2. The van der Waals surface area contributed by atoms with Crippen molar-refractivity contribution in [2.24, 2.45) is 16.7 Å². The molecule has 0 saturated heterocycles. The summed E-state index contributed by atoms with van der Waals surface area (Å²) < 4.78 is 25.9. The average Bonchev–Trinajstić information content (AvgIpc) is 3.31. The van der Waals surface area contributed by atoms with Crippen LogP contribution in [-0.4, -0.2) is 60.4 Å². The fourth-order valence-electron chi connectivity index (χ4n) is 5.03. The molecule has 2 aliphatic rings. The van der Waals surface area contributed by atoms with E-state index < -0.39 is 35.8 Å². The third-order valence-electron chi connectivity index (χ3n) is 7.40. The van der Waals surface area contributed by atoms with Gasteiger partial charge in [-0.3, -0.25) is 14.4 Å². The molecule has 206 valence electrons. The molecule has 9 nitrogen and oxygen atoms in total. The van der Waals surface area contributed by atoms with Gasteiger partial charge in [-0.25, -0.2) is 4.39 Å². The molecule has 10 heteroatoms. The number of aliphatic carboxylic acids is 1. The summed E-state index contributed by atoms with van der Waals surface area (Å²) in [4.78, 5) is 37.6. The molecule has 2 atom stereocenters. The van der Waals surface area contributed by atoms with Crippen LogP contribution in [0.1, 0.15) is 76.1 Å². The maximum Gasteiger partial charge on any atom is 0.311 e. The Morgan fingerprint density at radius 1 is 1.11 bits per heavy atom. The van der Waals surface area contributed by atoms with Gasteiger partial charge in [-0.15, -0.1) is 0 Å². The van der Waals surface area contributed by atoms with Crippen molar-refractivity contribution in [3.05, 3.63) is 23.5 Å². The number of aliphatic hydroxyl groups excluding tert-OH is 1. The first-order valence-corrected chi connectivity index (χ1v) is 12.9. The number of halogens is 1. The van der Waals surface area contributed by atoms with Crippen molar-refractivity contribution < 1.29 is 38.5 Å². The van der Waals surface area contributed by atoms with Crippen LogP contribution in [0, 0.1) is 22.6 Å². The second-order valence-electron chi connectivity index (χ2n) is 11.4. The number of carbonyl (C=O) groups is 3. The molecule has 1 aromatic rings. The SMILES string of the molecule is COc1cc(F)c(OC2CCC(CO)(C(=O)O)CC2)cc1C(=O)NC1CCCC1C(=O)NCC(C)(C)C. The van der Waals surface area contributed by atoms with Gasteiger partial charge in [0.1, 0.15) is 5.75 Å². The molecular formula is C27H39FN2O7. The number of hydrogen-bond acceptors (Lipinski definition) is 6. The summed E-state index contributed by atoms with van der Waals surface area (Å²) in [5.41, 5.74) is -1.18. The number of methoxy groups -OCH3 is 1. The van der Waals surface area contributed by atoms with E-state index in [4.69, 9.17) is 9.47 Å². The smallest absolute Gasteiger partial charge is 0.311 e. The molecule has 2 saturated carbocycles. The van der Waals surface area contributed by atoms with Gasteiger partial charge in [-0.1, -0.05) is 27.2 Å². The van der Waals surface area contributed by atoms with Crippen LogP contribution in [-0.2, 0) is 9.59 Å². The van der Waals surface area contributed by atoms with E-state index in [-0.39, 0.29) is 53.2 Å². The first-order valence-electron chi connectivity index (χ1n) is 12.9. The summed E-state index contributed by atoms with van der Waals surface area (Å²) in [5.74, 6) is -2.78. The Morgan fingerprint density at radius 2 is 1.78 bits per heavy atom. The first-order chi connectivity index (χ1) is 17.4. The summed E-state index contributed by atoms with van der Waals surface area (Å²) in [6, 6.07) is 2.02. The number of carboxylic acids is 1. The van der Waals surface area contributed by atoms with Crippen LogP contribution in [0.25, 0.3) is 0 Å². The second kappa shape index (κ2) is 11.7. The van der Waals surface area contributed by atoms with Crippen molar-refractivity contribution in [3.8, 4) is 11.5 Å². The molecule has 4 N–H and O–H groups in total. The first kappa shape index (κ1) is 28.7. The number of hydrogen-bond donors (Lipinski definition) is 4. The summed E-state index contributed by atoms with van der Waals surface area (Å²) in [5, 5.41) is 24.9. The molecular weight excluding hydrogens is 483 g/mol. The standard InChI is InChI=1S/C27H39FN2O7/c1-26(2,3)14-29-23(32)17-6-5-7-20(17)30-24(33)18-12-22(19(28)13-21(18)36-4)37-16-8-10-27(15-31,11-9-16)25(34)35/h12-13,16-17,20,31H,5-11,14-15H2,1-4H3,(H,29,32)(H,30,33)(H,34,35). The lowest BCUT2D eigenvalue weighted by Crippen LogP contribution is -2.45. The van der Waals surface area contributed by atoms with Crippen molar-refractivity contribution in [2.75, 3.05) is 20.3 Å². The van der Waals surface area contributed by atoms with Crippen LogP contribution in [0.15, 0.2) is 12.1 Å². The Bertz CT molecular complexity index is 999. The molecule has 0 bridgehead atoms. The highest BCUT2D eigenvalue weighted by atomic mass is 19.1. The Morgan fingerprint density at radius 3 is 2.35 bits per heavy atom. The molecule has 0 heterocycles. The zero-order valence-corrected chi connectivity index (χ0v) is 22.1. The quantitative estimate of drug-likeness (QED) is 0.391. The van der Waals surface area contributed by atoms with E-state index >= 15 is 0 Å². The third kappa shape index (κ3) is 6.91. The molecule has 2 amide bonds. The van der Waals surface area contributed by atoms with Crippen LogP contribution >= 0.6 is 0 Å². The van der Waals surface area contributed by atoms with Gasteiger partial charge >= 0.3 is 5.97 Å². The van der Waals surface area contributed by atoms with E-state index in [1.165, 1.54) is 13.2 Å². The molecule has 2 unspecified atom stereocenters. The van der Waals surface area contributed by atoms with E-state index in [2.05, 4.69) is 10.6 Å². The van der Waals surface area contributed by atoms with Gasteiger partial charge in [-0.05, 0) is 50.0 Å². The lowest BCUT2D eigenvalue weighted by atomic mass is 9.74. The molecule has 0 aromatic heterocycles. The van der Waals surface area contributed by atoms with Crippen LogP contribution in [0.4, 0.5) is 4.39 Å². The largest absolute Gasteiger partial charge is 0.496 e. The monoisotopic (exact) mass is 522 g/mol. The summed E-state index contributed by atoms with van der Waals surface area (Å²) in [6.45, 7) is 6.16. The number of carboxylic acid groups (broad SMARTS) is 1. The highest BCUT2D eigenvalue weighted by Gasteiger charge is 2.42. The van der Waals surface area contributed by atoms with Gasteiger partial charge in [0.25, 0.3) is 5.91 Å². The van der Waals surface area contributed by atoms with Crippen molar-refractivity contribution in [2.45, 2.75) is 77.9 Å². The minimum Gasteiger partial charge on any atom is -0.496 e. The number of nitrogens with one attached hydrogen (secondary N) is 2. The van der Waals surface area contributed by atoms with Crippen molar-refractivity contribution in [1.29, 1.82) is 0 Å². The maximum atomic E-state index is 14.8. The second-order valence-corrected chi connectivity index (χ2v) is 11.4. The fraction of sp³-hybridized carbons (Fsp3) is 0.667. The Labute approximate surface area is 217 Å². The number of ether oxygens (including phenoxy) is 2. The molecule has 2 aliphatic carbocycles. The zero-order chi connectivity index (χ0) is 27.4. The van der Waals surface area contributed by atoms with E-state index in [1.807, 2.05) is 20.8 Å². The third-order valence-corrected chi connectivity index (χ3v) is 7.40. The number of carbonyl (C=O) groups excluding carboxylic acids is 2. The van der Waals surface area contributed by atoms with Gasteiger partial charge in [-0.2, -0.15) is 0 Å². The molecule has 0 radical (unpaired) electrons. The molecule has 37 heavy (non-hydrogen) atoms.